The summed E-state index contributed by atoms with van der Waals surface area (Å²) >= 11 is 7.08. The third kappa shape index (κ3) is 2.57. The summed E-state index contributed by atoms with van der Waals surface area (Å²) in [6.07, 6.45) is 1.77. The first kappa shape index (κ1) is 10.8. The highest BCUT2D eigenvalue weighted by Gasteiger charge is 2.08. The van der Waals surface area contributed by atoms with Gasteiger partial charge in [0, 0.05) is 0 Å². The minimum atomic E-state index is -0.341. The van der Waals surface area contributed by atoms with E-state index in [0.29, 0.717) is 15.5 Å². The Bertz CT molecular complexity index is 285. The van der Waals surface area contributed by atoms with Crippen molar-refractivity contribution in [1.82, 2.24) is 0 Å². The lowest BCUT2D eigenvalue weighted by molar-refractivity contribution is 0.124. The van der Waals surface area contributed by atoms with E-state index in [1.54, 1.807) is 12.3 Å². The van der Waals surface area contributed by atoms with Crippen LogP contribution in [-0.4, -0.2) is 6.26 Å². The van der Waals surface area contributed by atoms with Gasteiger partial charge in [0.25, 0.3) is 0 Å². The zero-order valence-electron chi connectivity index (χ0n) is 7.01. The van der Waals surface area contributed by atoms with E-state index in [1.807, 2.05) is 0 Å². The summed E-state index contributed by atoms with van der Waals surface area (Å²) in [7, 11) is 0. The van der Waals surface area contributed by atoms with Gasteiger partial charge in [-0.15, -0.1) is 11.8 Å². The van der Waals surface area contributed by atoms with Gasteiger partial charge in [-0.05, 0) is 24.0 Å². The maximum atomic E-state index is 13.2. The van der Waals surface area contributed by atoms with E-state index in [2.05, 4.69) is 4.84 Å². The number of rotatable bonds is 3. The van der Waals surface area contributed by atoms with Gasteiger partial charge in [0.2, 0.25) is 0 Å². The highest BCUT2D eigenvalue weighted by molar-refractivity contribution is 7.98. The maximum absolute atomic E-state index is 13.2. The average Bonchev–Trinajstić information content (AvgIpc) is 2.04. The van der Waals surface area contributed by atoms with Crippen molar-refractivity contribution in [2.24, 2.45) is 5.90 Å². The number of nitrogens with two attached hydrogens (primary N) is 1. The van der Waals surface area contributed by atoms with Crippen molar-refractivity contribution in [2.45, 2.75) is 11.5 Å². The smallest absolute Gasteiger partial charge is 0.138 e. The quantitative estimate of drug-likeness (QED) is 0.630. The lowest BCUT2D eigenvalue weighted by Crippen LogP contribution is -1.99. The van der Waals surface area contributed by atoms with Crippen molar-refractivity contribution >= 4 is 23.4 Å². The molecule has 0 saturated carbocycles. The van der Waals surface area contributed by atoms with E-state index in [1.165, 1.54) is 17.8 Å². The summed E-state index contributed by atoms with van der Waals surface area (Å²) in [5.74, 6) is 4.52. The van der Waals surface area contributed by atoms with Gasteiger partial charge in [0.15, 0.2) is 0 Å². The fourth-order valence-corrected chi connectivity index (χ4v) is 1.96. The van der Waals surface area contributed by atoms with Crippen molar-refractivity contribution in [3.63, 3.8) is 0 Å². The molecule has 1 aromatic rings. The highest BCUT2D eigenvalue weighted by atomic mass is 35.5. The van der Waals surface area contributed by atoms with Gasteiger partial charge in [-0.25, -0.2) is 10.3 Å². The maximum Gasteiger partial charge on any atom is 0.138 e. The van der Waals surface area contributed by atoms with Gasteiger partial charge < -0.3 is 0 Å². The van der Waals surface area contributed by atoms with Crippen LogP contribution in [-0.2, 0) is 11.4 Å². The highest BCUT2D eigenvalue weighted by Crippen LogP contribution is 2.29. The van der Waals surface area contributed by atoms with Gasteiger partial charge in [-0.1, -0.05) is 11.6 Å². The molecule has 1 aromatic carbocycles. The zero-order valence-corrected chi connectivity index (χ0v) is 8.58. The molecular weight excluding hydrogens is 213 g/mol. The van der Waals surface area contributed by atoms with Crippen LogP contribution in [0.1, 0.15) is 5.56 Å². The minimum Gasteiger partial charge on any atom is -0.300 e. The molecule has 5 heteroatoms. The molecular formula is C8H9ClFNOS. The molecule has 2 nitrogen and oxygen atoms in total. The zero-order chi connectivity index (χ0) is 9.84. The van der Waals surface area contributed by atoms with Crippen LogP contribution in [0.25, 0.3) is 0 Å². The first-order valence-corrected chi connectivity index (χ1v) is 5.13. The van der Waals surface area contributed by atoms with Gasteiger partial charge in [-0.3, -0.25) is 4.84 Å². The molecule has 0 heterocycles. The number of hydrogen-bond donors (Lipinski definition) is 1. The Balaban J connectivity index is 3.05. The molecule has 0 atom stereocenters. The van der Waals surface area contributed by atoms with Crippen LogP contribution in [0.5, 0.6) is 0 Å². The summed E-state index contributed by atoms with van der Waals surface area (Å²) in [4.78, 5) is 4.83. The predicted octanol–water partition coefficient (Wildman–Crippen LogP) is 2.59. The van der Waals surface area contributed by atoms with Gasteiger partial charge in [-0.2, -0.15) is 0 Å². The van der Waals surface area contributed by atoms with Crippen LogP contribution in [0.4, 0.5) is 4.39 Å². The van der Waals surface area contributed by atoms with Crippen LogP contribution in [0, 0.1) is 5.82 Å². The summed E-state index contributed by atoms with van der Waals surface area (Å²) in [5.41, 5.74) is 0.628. The Morgan fingerprint density at radius 2 is 2.31 bits per heavy atom. The Hall–Kier alpha value is -0.290. The first-order chi connectivity index (χ1) is 6.19. The third-order valence-corrected chi connectivity index (χ3v) is 2.75. The molecule has 0 saturated heterocycles. The summed E-state index contributed by atoms with van der Waals surface area (Å²) < 4.78 is 13.2. The molecule has 1 rings (SSSR count). The Morgan fingerprint density at radius 1 is 1.62 bits per heavy atom. The molecule has 0 aliphatic carbocycles. The molecule has 72 valence electrons. The summed E-state index contributed by atoms with van der Waals surface area (Å²) in [5, 5.41) is 0.388. The molecule has 0 aromatic heterocycles. The van der Waals surface area contributed by atoms with Crippen molar-refractivity contribution < 1.29 is 9.23 Å². The van der Waals surface area contributed by atoms with Crippen LogP contribution in [0.15, 0.2) is 17.0 Å². The van der Waals surface area contributed by atoms with Crippen LogP contribution in [0.2, 0.25) is 5.02 Å². The van der Waals surface area contributed by atoms with Gasteiger partial charge >= 0.3 is 0 Å². The molecule has 0 aliphatic rings. The average molecular weight is 222 g/mol. The monoisotopic (exact) mass is 221 g/mol. The van der Waals surface area contributed by atoms with E-state index in [-0.39, 0.29) is 12.4 Å². The standard InChI is InChI=1S/C8H9ClFNOS/c1-13-8-6(9)2-5(4-12-11)3-7(8)10/h2-3H,4,11H2,1H3. The number of halogens is 2. The first-order valence-electron chi connectivity index (χ1n) is 3.52. The molecule has 0 spiro atoms. The van der Waals surface area contributed by atoms with E-state index in [9.17, 15) is 4.39 Å². The Morgan fingerprint density at radius 3 is 2.77 bits per heavy atom. The summed E-state index contributed by atoms with van der Waals surface area (Å²) in [6.45, 7) is 0.158. The van der Waals surface area contributed by atoms with Crippen molar-refractivity contribution in [2.75, 3.05) is 6.26 Å². The second kappa shape index (κ2) is 4.81. The van der Waals surface area contributed by atoms with E-state index in [0.717, 1.165) is 0 Å². The van der Waals surface area contributed by atoms with E-state index in [4.69, 9.17) is 17.5 Å². The van der Waals surface area contributed by atoms with Crippen molar-refractivity contribution in [1.29, 1.82) is 0 Å². The lowest BCUT2D eigenvalue weighted by atomic mass is 10.2. The largest absolute Gasteiger partial charge is 0.300 e. The third-order valence-electron chi connectivity index (χ3n) is 1.51. The minimum absolute atomic E-state index is 0.158. The summed E-state index contributed by atoms with van der Waals surface area (Å²) in [6, 6.07) is 3.01. The molecule has 0 radical (unpaired) electrons. The van der Waals surface area contributed by atoms with Crippen molar-refractivity contribution in [3.05, 3.63) is 28.5 Å². The van der Waals surface area contributed by atoms with Crippen LogP contribution >= 0.6 is 23.4 Å². The number of thioether (sulfide) groups is 1. The van der Waals surface area contributed by atoms with E-state index < -0.39 is 0 Å². The fourth-order valence-electron chi connectivity index (χ4n) is 0.987. The topological polar surface area (TPSA) is 35.2 Å². The number of hydrogen-bond acceptors (Lipinski definition) is 3. The Labute approximate surface area is 85.2 Å². The predicted molar refractivity (Wildman–Crippen MR) is 52.2 cm³/mol. The van der Waals surface area contributed by atoms with Crippen LogP contribution < -0.4 is 5.90 Å². The molecule has 0 unspecified atom stereocenters. The SMILES string of the molecule is CSc1c(F)cc(CON)cc1Cl. The van der Waals surface area contributed by atoms with Gasteiger partial charge in [0.1, 0.15) is 5.82 Å². The fraction of sp³-hybridized carbons (Fsp3) is 0.250. The molecule has 0 bridgehead atoms. The number of benzene rings is 1. The lowest BCUT2D eigenvalue weighted by Gasteiger charge is -2.05. The molecule has 2 N–H and O–H groups in total. The second-order valence-corrected chi connectivity index (χ2v) is 3.63. The van der Waals surface area contributed by atoms with Crippen LogP contribution in [0.3, 0.4) is 0 Å². The van der Waals surface area contributed by atoms with Gasteiger partial charge in [0.05, 0.1) is 16.5 Å². The molecule has 0 aliphatic heterocycles. The Kier molecular flexibility index (Phi) is 3.99. The second-order valence-electron chi connectivity index (χ2n) is 2.40. The molecule has 0 fully saturated rings. The molecule has 13 heavy (non-hydrogen) atoms. The van der Waals surface area contributed by atoms with E-state index >= 15 is 0 Å². The van der Waals surface area contributed by atoms with Crippen molar-refractivity contribution in [3.8, 4) is 0 Å². The normalized spacial score (nSPS) is 10.5. The molecule has 0 amide bonds.